The van der Waals surface area contributed by atoms with Gasteiger partial charge >= 0.3 is 14.3 Å². The molecular formula is C32H58NO6P. The molecule has 0 aromatic rings. The van der Waals surface area contributed by atoms with Gasteiger partial charge in [0.15, 0.2) is 0 Å². The highest BCUT2D eigenvalue weighted by Gasteiger charge is 2.60. The SMILES string of the molecule is CCCCCC(C)C1CCC2C3CCC4C[C@@H](OC(=O)NCCC(O)CCO[PH](=O)O)CCC4(C)C3CCC12C. The number of fused-ring (bicyclic) bond motifs is 5. The highest BCUT2D eigenvalue weighted by atomic mass is 31.1. The Hall–Kier alpha value is -0.620. The number of hydrogen-bond donors (Lipinski definition) is 3. The molecule has 4 aliphatic carbocycles. The van der Waals surface area contributed by atoms with Crippen molar-refractivity contribution in [2.45, 2.75) is 136 Å². The van der Waals surface area contributed by atoms with E-state index in [9.17, 15) is 14.5 Å². The van der Waals surface area contributed by atoms with Crippen molar-refractivity contribution < 1.29 is 28.6 Å². The lowest BCUT2D eigenvalue weighted by molar-refractivity contribution is -0.129. The number of aliphatic hydroxyl groups is 1. The molecule has 0 heterocycles. The molecule has 0 aromatic heterocycles. The number of carbonyl (C=O) groups excluding carboxylic acids is 1. The molecule has 1 amide bonds. The highest BCUT2D eigenvalue weighted by molar-refractivity contribution is 7.32. The van der Waals surface area contributed by atoms with Crippen LogP contribution >= 0.6 is 8.25 Å². The quantitative estimate of drug-likeness (QED) is 0.153. The largest absolute Gasteiger partial charge is 0.446 e. The second-order valence-electron chi connectivity index (χ2n) is 14.4. The van der Waals surface area contributed by atoms with Crippen LogP contribution in [0.2, 0.25) is 0 Å². The molecule has 232 valence electrons. The van der Waals surface area contributed by atoms with Crippen molar-refractivity contribution >= 4 is 14.3 Å². The van der Waals surface area contributed by atoms with Crippen molar-refractivity contribution in [3.8, 4) is 0 Å². The summed E-state index contributed by atoms with van der Waals surface area (Å²) in [5, 5.41) is 12.7. The molecule has 4 saturated carbocycles. The lowest BCUT2D eigenvalue weighted by Gasteiger charge is -2.61. The molecule has 0 spiro atoms. The van der Waals surface area contributed by atoms with Crippen LogP contribution in [0.4, 0.5) is 4.79 Å². The van der Waals surface area contributed by atoms with E-state index in [1.165, 1.54) is 64.2 Å². The van der Waals surface area contributed by atoms with Gasteiger partial charge in [-0.1, -0.05) is 53.4 Å². The van der Waals surface area contributed by atoms with Gasteiger partial charge in [0.05, 0.1) is 12.7 Å². The number of alkyl carbamates (subject to hydrolysis) is 1. The Morgan fingerprint density at radius 1 is 1.00 bits per heavy atom. The van der Waals surface area contributed by atoms with Gasteiger partial charge in [-0.05, 0) is 117 Å². The van der Waals surface area contributed by atoms with Gasteiger partial charge in [0, 0.05) is 6.54 Å². The maximum atomic E-state index is 12.5. The lowest BCUT2D eigenvalue weighted by Crippen LogP contribution is -2.54. The fraction of sp³-hybridized carbons (Fsp3) is 0.969. The van der Waals surface area contributed by atoms with Crippen molar-refractivity contribution in [1.29, 1.82) is 0 Å². The molecule has 4 aliphatic rings. The maximum absolute atomic E-state index is 12.5. The van der Waals surface area contributed by atoms with E-state index in [1.807, 2.05) is 0 Å². The Morgan fingerprint density at radius 3 is 2.50 bits per heavy atom. The maximum Gasteiger partial charge on any atom is 0.407 e. The molecule has 4 rings (SSSR count). The third-order valence-electron chi connectivity index (χ3n) is 12.3. The van der Waals surface area contributed by atoms with Gasteiger partial charge in [0.2, 0.25) is 0 Å². The van der Waals surface area contributed by atoms with Crippen LogP contribution in [0, 0.1) is 46.3 Å². The monoisotopic (exact) mass is 583 g/mol. The standard InChI is InChI=1S/C32H58NO6P/c1-5-6-7-8-22(2)27-11-12-28-26-10-9-23-21-25(13-17-31(23,3)29(26)14-18-32(27,28)4)39-30(35)33-19-15-24(34)16-20-38-40(36)37/h22-29,34,40H,5-21H2,1-4H3,(H,33,35)(H,36,37)/t22?,23?,24?,25-,26?,27?,28?,29?,31?,32?/m0/s1. The van der Waals surface area contributed by atoms with Crippen LogP contribution in [0.3, 0.4) is 0 Å². The van der Waals surface area contributed by atoms with E-state index < -0.39 is 20.5 Å². The normalized spacial score (nSPS) is 39.4. The number of unbranched alkanes of at least 4 members (excludes halogenated alkanes) is 2. The molecular weight excluding hydrogens is 525 g/mol. The number of rotatable bonds is 13. The zero-order valence-corrected chi connectivity index (χ0v) is 26.7. The summed E-state index contributed by atoms with van der Waals surface area (Å²) in [5.74, 6) is 5.00. The van der Waals surface area contributed by atoms with Gasteiger partial charge in [-0.25, -0.2) is 4.79 Å². The van der Waals surface area contributed by atoms with Crippen LogP contribution < -0.4 is 5.32 Å². The number of amides is 1. The van der Waals surface area contributed by atoms with Crippen LogP contribution in [-0.4, -0.2) is 41.5 Å². The van der Waals surface area contributed by atoms with Crippen molar-refractivity contribution in [2.24, 2.45) is 46.3 Å². The number of aliphatic hydroxyl groups excluding tert-OH is 1. The topological polar surface area (TPSA) is 105 Å². The Kier molecular flexibility index (Phi) is 11.5. The number of nitrogens with one attached hydrogen (secondary N) is 1. The smallest absolute Gasteiger partial charge is 0.407 e. The van der Waals surface area contributed by atoms with E-state index >= 15 is 0 Å². The van der Waals surface area contributed by atoms with Crippen LogP contribution in [-0.2, 0) is 13.8 Å². The highest BCUT2D eigenvalue weighted by Crippen LogP contribution is 2.68. The molecule has 0 radical (unpaired) electrons. The first kappa shape index (κ1) is 32.3. The van der Waals surface area contributed by atoms with Crippen LogP contribution in [0.1, 0.15) is 124 Å². The minimum absolute atomic E-state index is 0.0242. The first-order chi connectivity index (χ1) is 19.1. The predicted molar refractivity (Wildman–Crippen MR) is 159 cm³/mol. The van der Waals surface area contributed by atoms with Crippen molar-refractivity contribution in [1.82, 2.24) is 5.32 Å². The van der Waals surface area contributed by atoms with Crippen molar-refractivity contribution in [2.75, 3.05) is 13.2 Å². The molecule has 40 heavy (non-hydrogen) atoms. The summed E-state index contributed by atoms with van der Waals surface area (Å²) >= 11 is 0. The molecule has 0 aromatic carbocycles. The summed E-state index contributed by atoms with van der Waals surface area (Å²) in [7, 11) is -2.97. The summed E-state index contributed by atoms with van der Waals surface area (Å²) in [4.78, 5) is 21.2. The lowest BCUT2D eigenvalue weighted by atomic mass is 9.44. The summed E-state index contributed by atoms with van der Waals surface area (Å²) in [6, 6.07) is 0. The van der Waals surface area contributed by atoms with E-state index in [2.05, 4.69) is 37.5 Å². The third kappa shape index (κ3) is 7.29. The molecule has 0 bridgehead atoms. The fourth-order valence-corrected chi connectivity index (χ4v) is 10.5. The Balaban J connectivity index is 1.25. The van der Waals surface area contributed by atoms with Crippen molar-refractivity contribution in [3.05, 3.63) is 0 Å². The molecule has 0 saturated heterocycles. The van der Waals surface area contributed by atoms with E-state index in [-0.39, 0.29) is 19.1 Å². The molecule has 4 fully saturated rings. The fourth-order valence-electron chi connectivity index (χ4n) is 10.2. The van der Waals surface area contributed by atoms with Crippen molar-refractivity contribution in [3.63, 3.8) is 0 Å². The minimum Gasteiger partial charge on any atom is -0.446 e. The first-order valence-electron chi connectivity index (χ1n) is 16.6. The Bertz CT molecular complexity index is 857. The summed E-state index contributed by atoms with van der Waals surface area (Å²) in [6.45, 7) is 10.5. The number of carbonyl (C=O) groups is 1. The summed E-state index contributed by atoms with van der Waals surface area (Å²) in [6.07, 6.45) is 16.4. The Labute approximate surface area is 243 Å². The van der Waals surface area contributed by atoms with E-state index in [1.54, 1.807) is 0 Å². The zero-order valence-electron chi connectivity index (χ0n) is 25.7. The molecule has 8 heteroatoms. The van der Waals surface area contributed by atoms with Gasteiger partial charge in [0.1, 0.15) is 6.10 Å². The van der Waals surface area contributed by atoms with Crippen LogP contribution in [0.15, 0.2) is 0 Å². The molecule has 10 unspecified atom stereocenters. The zero-order chi connectivity index (χ0) is 28.9. The number of ether oxygens (including phenoxy) is 1. The van der Waals surface area contributed by atoms with Gasteiger partial charge in [-0.15, -0.1) is 0 Å². The molecule has 0 aliphatic heterocycles. The third-order valence-corrected chi connectivity index (χ3v) is 12.8. The summed E-state index contributed by atoms with van der Waals surface area (Å²) < 4.78 is 21.1. The second-order valence-corrected chi connectivity index (χ2v) is 15.3. The van der Waals surface area contributed by atoms with Crippen LogP contribution in [0.25, 0.3) is 0 Å². The van der Waals surface area contributed by atoms with Gasteiger partial charge in [-0.3, -0.25) is 4.57 Å². The van der Waals surface area contributed by atoms with Crippen LogP contribution in [0.5, 0.6) is 0 Å². The van der Waals surface area contributed by atoms with E-state index in [0.717, 1.165) is 48.9 Å². The average molecular weight is 584 g/mol. The predicted octanol–water partition coefficient (Wildman–Crippen LogP) is 7.50. The first-order valence-corrected chi connectivity index (χ1v) is 17.8. The second kappa shape index (κ2) is 14.2. The summed E-state index contributed by atoms with van der Waals surface area (Å²) in [5.41, 5.74) is 0.908. The average Bonchev–Trinajstić information content (AvgIpc) is 3.26. The minimum atomic E-state index is -2.97. The molecule has 7 nitrogen and oxygen atoms in total. The van der Waals surface area contributed by atoms with Gasteiger partial charge in [-0.2, -0.15) is 0 Å². The van der Waals surface area contributed by atoms with E-state index in [0.29, 0.717) is 29.7 Å². The molecule has 11 atom stereocenters. The number of hydrogen-bond acceptors (Lipinski definition) is 5. The van der Waals surface area contributed by atoms with Gasteiger partial charge in [0.25, 0.3) is 0 Å². The van der Waals surface area contributed by atoms with E-state index in [4.69, 9.17) is 9.63 Å². The van der Waals surface area contributed by atoms with Gasteiger partial charge < -0.3 is 24.6 Å². The molecule has 3 N–H and O–H groups in total. The Morgan fingerprint density at radius 2 is 1.75 bits per heavy atom.